The zero-order valence-corrected chi connectivity index (χ0v) is 16.6. The van der Waals surface area contributed by atoms with E-state index in [1.54, 1.807) is 24.3 Å². The third-order valence-electron chi connectivity index (χ3n) is 4.59. The highest BCUT2D eigenvalue weighted by atomic mass is 16.5. The molecule has 29 heavy (non-hydrogen) atoms. The van der Waals surface area contributed by atoms with E-state index in [2.05, 4.69) is 5.32 Å². The van der Waals surface area contributed by atoms with Crippen molar-refractivity contribution in [2.24, 2.45) is 5.92 Å². The van der Waals surface area contributed by atoms with Crippen molar-refractivity contribution in [2.75, 3.05) is 25.6 Å². The lowest BCUT2D eigenvalue weighted by Crippen LogP contribution is -2.35. The summed E-state index contributed by atoms with van der Waals surface area (Å²) in [6.45, 7) is 4.87. The number of anilines is 1. The zero-order valence-electron chi connectivity index (χ0n) is 16.6. The van der Waals surface area contributed by atoms with Gasteiger partial charge in [-0.15, -0.1) is 0 Å². The Kier molecular flexibility index (Phi) is 6.59. The number of amides is 1. The minimum Gasteiger partial charge on any atom is -0.490 e. The van der Waals surface area contributed by atoms with Crippen molar-refractivity contribution in [1.29, 1.82) is 0 Å². The third kappa shape index (κ3) is 5.40. The van der Waals surface area contributed by atoms with Crippen LogP contribution in [0.2, 0.25) is 0 Å². The first kappa shape index (κ1) is 20.5. The molecule has 0 aliphatic carbocycles. The summed E-state index contributed by atoms with van der Waals surface area (Å²) >= 11 is 0. The molecule has 0 saturated heterocycles. The van der Waals surface area contributed by atoms with E-state index in [9.17, 15) is 9.59 Å². The average Bonchev–Trinajstić information content (AvgIpc) is 2.95. The second-order valence-corrected chi connectivity index (χ2v) is 7.24. The van der Waals surface area contributed by atoms with Crippen molar-refractivity contribution in [1.82, 2.24) is 5.32 Å². The molecular formula is C22H26N2O5. The van der Waals surface area contributed by atoms with E-state index >= 15 is 0 Å². The van der Waals surface area contributed by atoms with Gasteiger partial charge in [-0.3, -0.25) is 4.79 Å². The number of nitrogen functional groups attached to an aromatic ring is 1. The summed E-state index contributed by atoms with van der Waals surface area (Å²) in [5.41, 5.74) is 7.40. The Hall–Kier alpha value is -3.22. The summed E-state index contributed by atoms with van der Waals surface area (Å²) in [5.74, 6) is 0.556. The van der Waals surface area contributed by atoms with Crippen molar-refractivity contribution in [2.45, 2.75) is 26.3 Å². The van der Waals surface area contributed by atoms with Crippen LogP contribution < -0.4 is 20.5 Å². The minimum atomic E-state index is -0.572. The molecule has 0 spiro atoms. The van der Waals surface area contributed by atoms with E-state index in [-0.39, 0.29) is 24.5 Å². The molecule has 1 aliphatic rings. The second-order valence-electron chi connectivity index (χ2n) is 7.24. The quantitative estimate of drug-likeness (QED) is 0.573. The topological polar surface area (TPSA) is 99.9 Å². The second kappa shape index (κ2) is 9.32. The molecule has 7 nitrogen and oxygen atoms in total. The fourth-order valence-corrected chi connectivity index (χ4v) is 3.06. The number of benzene rings is 2. The monoisotopic (exact) mass is 398 g/mol. The van der Waals surface area contributed by atoms with Gasteiger partial charge in [-0.2, -0.15) is 0 Å². The molecule has 0 bridgehead atoms. The Morgan fingerprint density at radius 2 is 1.76 bits per heavy atom. The van der Waals surface area contributed by atoms with Gasteiger partial charge in [0.25, 0.3) is 5.91 Å². The Balaban J connectivity index is 1.63. The molecule has 2 aromatic carbocycles. The molecule has 1 atom stereocenters. The van der Waals surface area contributed by atoms with Gasteiger partial charge in [0, 0.05) is 12.1 Å². The maximum atomic E-state index is 12.4. The molecule has 0 radical (unpaired) electrons. The summed E-state index contributed by atoms with van der Waals surface area (Å²) in [4.78, 5) is 24.5. The molecule has 1 aliphatic heterocycles. The molecule has 1 amide bonds. The fourth-order valence-electron chi connectivity index (χ4n) is 3.06. The molecule has 0 aromatic heterocycles. The predicted molar refractivity (Wildman–Crippen MR) is 109 cm³/mol. The van der Waals surface area contributed by atoms with Gasteiger partial charge in [-0.05, 0) is 47.9 Å². The normalized spacial score (nSPS) is 14.0. The first-order valence-corrected chi connectivity index (χ1v) is 9.65. The highest BCUT2D eigenvalue weighted by Gasteiger charge is 2.22. The summed E-state index contributed by atoms with van der Waals surface area (Å²) < 4.78 is 16.5. The van der Waals surface area contributed by atoms with Gasteiger partial charge < -0.3 is 25.3 Å². The lowest BCUT2D eigenvalue weighted by atomic mass is 9.95. The van der Waals surface area contributed by atoms with E-state index in [0.29, 0.717) is 36.0 Å². The van der Waals surface area contributed by atoms with Gasteiger partial charge >= 0.3 is 5.97 Å². The van der Waals surface area contributed by atoms with Crippen LogP contribution in [0.25, 0.3) is 0 Å². The molecule has 0 fully saturated rings. The van der Waals surface area contributed by atoms with E-state index in [1.165, 1.54) is 0 Å². The van der Waals surface area contributed by atoms with Crippen molar-refractivity contribution in [3.63, 3.8) is 0 Å². The van der Waals surface area contributed by atoms with Crippen LogP contribution in [0.5, 0.6) is 11.5 Å². The molecule has 0 unspecified atom stereocenters. The standard InChI is InChI=1S/C22H26N2O5/c1-14(2)21(16-6-9-18-19(12-16)28-11-3-10-27-18)24-20(25)13-29-22(26)15-4-7-17(23)8-5-15/h4-9,12,14,21H,3,10-11,13,23H2,1-2H3,(H,24,25)/t21-/m0/s1. The molecule has 0 saturated carbocycles. The Morgan fingerprint density at radius 1 is 1.07 bits per heavy atom. The Morgan fingerprint density at radius 3 is 2.45 bits per heavy atom. The van der Waals surface area contributed by atoms with Crippen LogP contribution in [0.4, 0.5) is 5.69 Å². The Bertz CT molecular complexity index is 864. The highest BCUT2D eigenvalue weighted by Crippen LogP contribution is 2.34. The van der Waals surface area contributed by atoms with Crippen LogP contribution in [0.1, 0.15) is 42.2 Å². The Labute approximate surface area is 170 Å². The van der Waals surface area contributed by atoms with E-state index in [0.717, 1.165) is 12.0 Å². The maximum Gasteiger partial charge on any atom is 0.338 e. The number of hydrogen-bond donors (Lipinski definition) is 2. The fraction of sp³-hybridized carbons (Fsp3) is 0.364. The van der Waals surface area contributed by atoms with Crippen molar-refractivity contribution in [3.05, 3.63) is 53.6 Å². The summed E-state index contributed by atoms with van der Waals surface area (Å²) in [6, 6.07) is 11.7. The molecule has 3 rings (SSSR count). The van der Waals surface area contributed by atoms with Gasteiger partial charge in [0.05, 0.1) is 24.8 Å². The number of esters is 1. The lowest BCUT2D eigenvalue weighted by Gasteiger charge is -2.23. The molecule has 3 N–H and O–H groups in total. The molecule has 7 heteroatoms. The summed E-state index contributed by atoms with van der Waals surface area (Å²) in [5, 5.41) is 2.94. The molecule has 154 valence electrons. The van der Waals surface area contributed by atoms with Crippen LogP contribution in [0, 0.1) is 5.92 Å². The van der Waals surface area contributed by atoms with Crippen LogP contribution in [0.15, 0.2) is 42.5 Å². The van der Waals surface area contributed by atoms with Crippen LogP contribution >= 0.6 is 0 Å². The molecule has 1 heterocycles. The third-order valence-corrected chi connectivity index (χ3v) is 4.59. The number of carbonyl (C=O) groups is 2. The smallest absolute Gasteiger partial charge is 0.338 e. The number of nitrogens with two attached hydrogens (primary N) is 1. The maximum absolute atomic E-state index is 12.4. The molecule has 2 aromatic rings. The van der Waals surface area contributed by atoms with Gasteiger partial charge in [0.15, 0.2) is 18.1 Å². The largest absolute Gasteiger partial charge is 0.490 e. The number of carbonyl (C=O) groups excluding carboxylic acids is 2. The highest BCUT2D eigenvalue weighted by molar-refractivity contribution is 5.91. The van der Waals surface area contributed by atoms with E-state index in [4.69, 9.17) is 19.9 Å². The number of nitrogens with one attached hydrogen (secondary N) is 1. The minimum absolute atomic E-state index is 0.122. The SMILES string of the molecule is CC(C)[C@H](NC(=O)COC(=O)c1ccc(N)cc1)c1ccc2c(c1)OCCCO2. The zero-order chi connectivity index (χ0) is 20.8. The summed E-state index contributed by atoms with van der Waals surface area (Å²) in [6.07, 6.45) is 0.827. The van der Waals surface area contributed by atoms with Crippen LogP contribution in [0.3, 0.4) is 0 Å². The average molecular weight is 398 g/mol. The van der Waals surface area contributed by atoms with Gasteiger partial charge in [0.1, 0.15) is 0 Å². The first-order chi connectivity index (χ1) is 13.9. The van der Waals surface area contributed by atoms with Gasteiger partial charge in [-0.1, -0.05) is 19.9 Å². The van der Waals surface area contributed by atoms with E-state index < -0.39 is 5.97 Å². The number of hydrogen-bond acceptors (Lipinski definition) is 6. The van der Waals surface area contributed by atoms with Crippen molar-refractivity contribution in [3.8, 4) is 11.5 Å². The lowest BCUT2D eigenvalue weighted by molar-refractivity contribution is -0.125. The van der Waals surface area contributed by atoms with Gasteiger partial charge in [-0.25, -0.2) is 4.79 Å². The number of rotatable bonds is 6. The van der Waals surface area contributed by atoms with E-state index in [1.807, 2.05) is 32.0 Å². The first-order valence-electron chi connectivity index (χ1n) is 9.65. The van der Waals surface area contributed by atoms with Gasteiger partial charge in [0.2, 0.25) is 0 Å². The number of fused-ring (bicyclic) bond motifs is 1. The van der Waals surface area contributed by atoms with Crippen LogP contribution in [-0.4, -0.2) is 31.7 Å². The predicted octanol–water partition coefficient (Wildman–Crippen LogP) is 3.10. The van der Waals surface area contributed by atoms with Crippen LogP contribution in [-0.2, 0) is 9.53 Å². The molecular weight excluding hydrogens is 372 g/mol. The number of ether oxygens (including phenoxy) is 3. The van der Waals surface area contributed by atoms with Crippen molar-refractivity contribution < 1.29 is 23.8 Å². The summed E-state index contributed by atoms with van der Waals surface area (Å²) in [7, 11) is 0. The van der Waals surface area contributed by atoms with Crippen molar-refractivity contribution >= 4 is 17.6 Å².